The van der Waals surface area contributed by atoms with Crippen molar-refractivity contribution in [1.82, 2.24) is 5.32 Å². The summed E-state index contributed by atoms with van der Waals surface area (Å²) in [6, 6.07) is 5.50. The lowest BCUT2D eigenvalue weighted by molar-refractivity contribution is 0.00522. The van der Waals surface area contributed by atoms with Gasteiger partial charge in [-0.15, -0.1) is 0 Å². The number of hydrogen-bond acceptors (Lipinski definition) is 4. The SMILES string of the molecule is O=C(NCC1(O)CCCCC1)c1cccc2c1OCCN2. The van der Waals surface area contributed by atoms with Crippen molar-refractivity contribution in [3.8, 4) is 5.75 Å². The second kappa shape index (κ2) is 5.93. The smallest absolute Gasteiger partial charge is 0.255 e. The van der Waals surface area contributed by atoms with Crippen molar-refractivity contribution in [2.45, 2.75) is 37.7 Å². The van der Waals surface area contributed by atoms with Gasteiger partial charge < -0.3 is 20.5 Å². The molecule has 5 nitrogen and oxygen atoms in total. The summed E-state index contributed by atoms with van der Waals surface area (Å²) in [6.07, 6.45) is 4.75. The summed E-state index contributed by atoms with van der Waals surface area (Å²) in [5.41, 5.74) is 0.631. The van der Waals surface area contributed by atoms with E-state index in [-0.39, 0.29) is 5.91 Å². The van der Waals surface area contributed by atoms with E-state index in [0.29, 0.717) is 24.5 Å². The van der Waals surface area contributed by atoms with Crippen LogP contribution in [0.5, 0.6) is 5.75 Å². The van der Waals surface area contributed by atoms with E-state index in [1.165, 1.54) is 6.42 Å². The van der Waals surface area contributed by atoms with Crippen molar-refractivity contribution >= 4 is 11.6 Å². The number of rotatable bonds is 3. The number of nitrogens with one attached hydrogen (secondary N) is 2. The van der Waals surface area contributed by atoms with Gasteiger partial charge in [0.05, 0.1) is 16.9 Å². The van der Waals surface area contributed by atoms with Crippen LogP contribution in [0.25, 0.3) is 0 Å². The molecule has 1 aromatic carbocycles. The molecule has 1 aliphatic carbocycles. The highest BCUT2D eigenvalue weighted by atomic mass is 16.5. The molecule has 1 saturated carbocycles. The summed E-state index contributed by atoms with van der Waals surface area (Å²) in [5, 5.41) is 16.5. The molecule has 21 heavy (non-hydrogen) atoms. The van der Waals surface area contributed by atoms with Gasteiger partial charge in [-0.05, 0) is 25.0 Å². The van der Waals surface area contributed by atoms with Crippen LogP contribution in [0.4, 0.5) is 5.69 Å². The number of ether oxygens (including phenoxy) is 1. The van der Waals surface area contributed by atoms with Crippen LogP contribution >= 0.6 is 0 Å². The zero-order valence-corrected chi connectivity index (χ0v) is 12.2. The number of fused-ring (bicyclic) bond motifs is 1. The number of hydrogen-bond donors (Lipinski definition) is 3. The molecule has 1 heterocycles. The molecule has 1 aromatic rings. The summed E-state index contributed by atoms with van der Waals surface area (Å²) in [6.45, 7) is 1.61. The minimum absolute atomic E-state index is 0.186. The number of carbonyl (C=O) groups excluding carboxylic acids is 1. The van der Waals surface area contributed by atoms with Crippen LogP contribution in [0, 0.1) is 0 Å². The maximum Gasteiger partial charge on any atom is 0.255 e. The molecule has 0 saturated heterocycles. The molecule has 0 unspecified atom stereocenters. The molecular formula is C16H22N2O3. The van der Waals surface area contributed by atoms with Crippen molar-refractivity contribution in [3.05, 3.63) is 23.8 Å². The predicted molar refractivity (Wildman–Crippen MR) is 80.8 cm³/mol. The Labute approximate surface area is 124 Å². The van der Waals surface area contributed by atoms with Crippen molar-refractivity contribution in [3.63, 3.8) is 0 Å². The molecule has 114 valence electrons. The number of amides is 1. The minimum Gasteiger partial charge on any atom is -0.489 e. The highest BCUT2D eigenvalue weighted by molar-refractivity contribution is 5.99. The lowest BCUT2D eigenvalue weighted by Gasteiger charge is -2.32. The maximum absolute atomic E-state index is 12.4. The fourth-order valence-electron chi connectivity index (χ4n) is 3.08. The second-order valence-corrected chi connectivity index (χ2v) is 5.93. The Morgan fingerprint density at radius 1 is 1.33 bits per heavy atom. The van der Waals surface area contributed by atoms with Crippen molar-refractivity contribution in [1.29, 1.82) is 0 Å². The zero-order valence-electron chi connectivity index (χ0n) is 12.2. The monoisotopic (exact) mass is 290 g/mol. The summed E-state index contributed by atoms with van der Waals surface area (Å²) >= 11 is 0. The lowest BCUT2D eigenvalue weighted by Crippen LogP contribution is -2.44. The van der Waals surface area contributed by atoms with E-state index in [4.69, 9.17) is 4.74 Å². The molecule has 2 aliphatic rings. The Morgan fingerprint density at radius 2 is 2.14 bits per heavy atom. The first-order chi connectivity index (χ1) is 10.2. The van der Waals surface area contributed by atoms with Gasteiger partial charge >= 0.3 is 0 Å². The molecule has 0 atom stereocenters. The van der Waals surface area contributed by atoms with Crippen LogP contribution in [0.1, 0.15) is 42.5 Å². The molecular weight excluding hydrogens is 268 g/mol. The minimum atomic E-state index is -0.748. The average molecular weight is 290 g/mol. The molecule has 1 fully saturated rings. The highest BCUT2D eigenvalue weighted by Gasteiger charge is 2.30. The molecule has 3 N–H and O–H groups in total. The first-order valence-corrected chi connectivity index (χ1v) is 7.68. The van der Waals surface area contributed by atoms with Gasteiger partial charge in [0, 0.05) is 13.1 Å². The largest absolute Gasteiger partial charge is 0.489 e. The average Bonchev–Trinajstić information content (AvgIpc) is 2.53. The van der Waals surface area contributed by atoms with E-state index in [2.05, 4.69) is 10.6 Å². The first kappa shape index (κ1) is 14.2. The molecule has 3 rings (SSSR count). The van der Waals surface area contributed by atoms with Crippen molar-refractivity contribution < 1.29 is 14.6 Å². The van der Waals surface area contributed by atoms with Crippen molar-refractivity contribution in [2.24, 2.45) is 0 Å². The highest BCUT2D eigenvalue weighted by Crippen LogP contribution is 2.31. The Balaban J connectivity index is 1.68. The number of anilines is 1. The molecule has 1 aliphatic heterocycles. The number of aliphatic hydroxyl groups is 1. The van der Waals surface area contributed by atoms with E-state index < -0.39 is 5.60 Å². The summed E-state index contributed by atoms with van der Waals surface area (Å²) < 4.78 is 5.61. The fourth-order valence-corrected chi connectivity index (χ4v) is 3.08. The van der Waals surface area contributed by atoms with Crippen LogP contribution in [0.2, 0.25) is 0 Å². The topological polar surface area (TPSA) is 70.6 Å². The van der Waals surface area contributed by atoms with Crippen LogP contribution in [-0.2, 0) is 0 Å². The van der Waals surface area contributed by atoms with Gasteiger partial charge in [0.15, 0.2) is 5.75 Å². The maximum atomic E-state index is 12.4. The Morgan fingerprint density at radius 3 is 2.95 bits per heavy atom. The Kier molecular flexibility index (Phi) is 4.01. The second-order valence-electron chi connectivity index (χ2n) is 5.93. The van der Waals surface area contributed by atoms with E-state index in [0.717, 1.165) is 37.9 Å². The van der Waals surface area contributed by atoms with Gasteiger partial charge in [-0.3, -0.25) is 4.79 Å². The van der Waals surface area contributed by atoms with Gasteiger partial charge in [-0.2, -0.15) is 0 Å². The normalized spacial score (nSPS) is 19.9. The quantitative estimate of drug-likeness (QED) is 0.795. The standard InChI is InChI=1S/C16H22N2O3/c19-15(18-11-16(20)7-2-1-3-8-16)12-5-4-6-13-14(12)21-10-9-17-13/h4-6,17,20H,1-3,7-11H2,(H,18,19). The summed E-state index contributed by atoms with van der Waals surface area (Å²) in [5.74, 6) is 0.423. The summed E-state index contributed by atoms with van der Waals surface area (Å²) in [4.78, 5) is 12.4. The number of benzene rings is 1. The van der Waals surface area contributed by atoms with Crippen LogP contribution < -0.4 is 15.4 Å². The summed E-state index contributed by atoms with van der Waals surface area (Å²) in [7, 11) is 0. The predicted octanol–water partition coefficient (Wildman–Crippen LogP) is 1.92. The van der Waals surface area contributed by atoms with Crippen LogP contribution in [0.3, 0.4) is 0 Å². The van der Waals surface area contributed by atoms with E-state index in [1.807, 2.05) is 12.1 Å². The molecule has 1 amide bonds. The zero-order chi connectivity index (χ0) is 14.7. The van der Waals surface area contributed by atoms with Gasteiger partial charge in [-0.1, -0.05) is 25.3 Å². The molecule has 0 bridgehead atoms. The van der Waals surface area contributed by atoms with E-state index in [1.54, 1.807) is 6.07 Å². The number of para-hydroxylation sites is 1. The van der Waals surface area contributed by atoms with Gasteiger partial charge in [0.1, 0.15) is 6.61 Å². The van der Waals surface area contributed by atoms with Gasteiger partial charge in [0.25, 0.3) is 5.91 Å². The fraction of sp³-hybridized carbons (Fsp3) is 0.562. The van der Waals surface area contributed by atoms with E-state index in [9.17, 15) is 9.90 Å². The molecule has 0 radical (unpaired) electrons. The lowest BCUT2D eigenvalue weighted by atomic mass is 9.85. The van der Waals surface area contributed by atoms with E-state index >= 15 is 0 Å². The molecule has 5 heteroatoms. The van der Waals surface area contributed by atoms with Gasteiger partial charge in [-0.25, -0.2) is 0 Å². The third-order valence-corrected chi connectivity index (χ3v) is 4.29. The third-order valence-electron chi connectivity index (χ3n) is 4.29. The van der Waals surface area contributed by atoms with Crippen molar-refractivity contribution in [2.75, 3.05) is 25.0 Å². The first-order valence-electron chi connectivity index (χ1n) is 7.68. The van der Waals surface area contributed by atoms with Gasteiger partial charge in [0.2, 0.25) is 0 Å². The Bertz CT molecular complexity index is 524. The Hall–Kier alpha value is -1.75. The third kappa shape index (κ3) is 3.13. The van der Waals surface area contributed by atoms with Crippen LogP contribution in [-0.4, -0.2) is 36.3 Å². The molecule has 0 aromatic heterocycles. The molecule has 0 spiro atoms. The van der Waals surface area contributed by atoms with Crippen LogP contribution in [0.15, 0.2) is 18.2 Å². The number of carbonyl (C=O) groups is 1.